The van der Waals surface area contributed by atoms with Crippen molar-refractivity contribution in [3.05, 3.63) is 82.9 Å². The summed E-state index contributed by atoms with van der Waals surface area (Å²) >= 11 is 0. The molecule has 2 aromatic heterocycles. The molecule has 27 heavy (non-hydrogen) atoms. The molecular formula is C22H17NO4. The Morgan fingerprint density at radius 3 is 2.70 bits per heavy atom. The van der Waals surface area contributed by atoms with Crippen molar-refractivity contribution in [2.45, 2.75) is 6.42 Å². The number of allylic oxidation sites excluding steroid dienone is 1. The third kappa shape index (κ3) is 2.83. The van der Waals surface area contributed by atoms with Crippen LogP contribution in [0.25, 0.3) is 21.9 Å². The lowest BCUT2D eigenvalue weighted by Crippen LogP contribution is -2.10. The van der Waals surface area contributed by atoms with E-state index in [0.29, 0.717) is 34.3 Å². The molecule has 2 aromatic carbocycles. The number of furan rings is 1. The highest BCUT2D eigenvalue weighted by Crippen LogP contribution is 2.37. The summed E-state index contributed by atoms with van der Waals surface area (Å²) in [7, 11) is 1.53. The van der Waals surface area contributed by atoms with Crippen molar-refractivity contribution in [3.63, 3.8) is 0 Å². The van der Waals surface area contributed by atoms with Gasteiger partial charge in [-0.1, -0.05) is 24.3 Å². The van der Waals surface area contributed by atoms with Gasteiger partial charge in [0.2, 0.25) is 5.43 Å². The zero-order chi connectivity index (χ0) is 18.8. The first kappa shape index (κ1) is 16.8. The summed E-state index contributed by atoms with van der Waals surface area (Å²) in [5.41, 5.74) is 2.73. The molecule has 0 N–H and O–H groups in total. The molecule has 0 saturated carbocycles. The van der Waals surface area contributed by atoms with Crippen LogP contribution in [0.3, 0.4) is 0 Å². The molecule has 4 rings (SSSR count). The van der Waals surface area contributed by atoms with Gasteiger partial charge < -0.3 is 13.6 Å². The topological polar surface area (TPSA) is 64.9 Å². The predicted octanol–water partition coefficient (Wildman–Crippen LogP) is 5.03. The Balaban J connectivity index is 1.99. The fourth-order valence-electron chi connectivity index (χ4n) is 3.16. The number of nitrogens with zero attached hydrogens (tertiary/aromatic N) is 1. The van der Waals surface area contributed by atoms with Gasteiger partial charge in [-0.25, -0.2) is 0 Å². The quantitative estimate of drug-likeness (QED) is 0.370. The molecule has 0 radical (unpaired) electrons. The number of methoxy groups -OCH3 is 1. The second-order valence-corrected chi connectivity index (χ2v) is 5.99. The Bertz CT molecular complexity index is 1220. The summed E-state index contributed by atoms with van der Waals surface area (Å²) in [4.78, 5) is 17.5. The second-order valence-electron chi connectivity index (χ2n) is 5.99. The van der Waals surface area contributed by atoms with E-state index in [1.54, 1.807) is 18.4 Å². The average Bonchev–Trinajstić information content (AvgIpc) is 3.18. The van der Waals surface area contributed by atoms with Crippen LogP contribution in [-0.4, -0.2) is 13.3 Å². The predicted molar refractivity (Wildman–Crippen MR) is 106 cm³/mol. The first-order chi connectivity index (χ1) is 13.2. The number of rotatable bonds is 5. The molecule has 0 atom stereocenters. The van der Waals surface area contributed by atoms with E-state index < -0.39 is 0 Å². The van der Waals surface area contributed by atoms with Crippen LogP contribution in [0, 0.1) is 0 Å². The van der Waals surface area contributed by atoms with E-state index in [0.717, 1.165) is 16.6 Å². The van der Waals surface area contributed by atoms with Gasteiger partial charge in [-0.2, -0.15) is 0 Å². The number of ether oxygens (including phenoxy) is 1. The van der Waals surface area contributed by atoms with E-state index >= 15 is 0 Å². The van der Waals surface area contributed by atoms with Gasteiger partial charge in [-0.15, -0.1) is 6.58 Å². The van der Waals surface area contributed by atoms with Crippen LogP contribution in [0.4, 0.5) is 5.69 Å². The molecule has 5 heteroatoms. The van der Waals surface area contributed by atoms with Crippen molar-refractivity contribution in [2.75, 3.05) is 7.11 Å². The molecule has 0 spiro atoms. The molecule has 0 fully saturated rings. The van der Waals surface area contributed by atoms with Crippen LogP contribution < -0.4 is 10.2 Å². The number of hydrogen-bond donors (Lipinski definition) is 0. The van der Waals surface area contributed by atoms with Crippen LogP contribution in [-0.2, 0) is 6.42 Å². The largest absolute Gasteiger partial charge is 0.495 e. The normalized spacial score (nSPS) is 11.4. The van der Waals surface area contributed by atoms with Crippen molar-refractivity contribution in [3.8, 4) is 5.75 Å². The maximum atomic E-state index is 13.2. The standard InChI is InChI=1S/C22H17NO4/c1-3-7-16-20-17(10-11-26-20)21(25-2)18-19(24)14(13-27-22(16)18)12-23-15-8-5-4-6-9-15/h3-6,8-13H,1,7H2,2H3. The zero-order valence-corrected chi connectivity index (χ0v) is 14.8. The SMILES string of the molecule is C=CCc1c2occc2c(OC)c2c(=O)c(C=Nc3ccccc3)coc12. The van der Waals surface area contributed by atoms with Crippen LogP contribution in [0.15, 0.2) is 80.2 Å². The Morgan fingerprint density at radius 1 is 1.15 bits per heavy atom. The summed E-state index contributed by atoms with van der Waals surface area (Å²) in [6.45, 7) is 3.79. The highest BCUT2D eigenvalue weighted by atomic mass is 16.5. The van der Waals surface area contributed by atoms with E-state index in [9.17, 15) is 4.79 Å². The highest BCUT2D eigenvalue weighted by molar-refractivity contribution is 6.05. The number of fused-ring (bicyclic) bond motifs is 2. The minimum absolute atomic E-state index is 0.207. The molecule has 0 aliphatic carbocycles. The van der Waals surface area contributed by atoms with Crippen LogP contribution in [0.5, 0.6) is 5.75 Å². The zero-order valence-electron chi connectivity index (χ0n) is 14.8. The van der Waals surface area contributed by atoms with E-state index in [1.165, 1.54) is 19.6 Å². The molecule has 134 valence electrons. The first-order valence-corrected chi connectivity index (χ1v) is 8.46. The molecule has 0 aliphatic rings. The molecule has 0 aliphatic heterocycles. The number of para-hydroxylation sites is 1. The van der Waals surface area contributed by atoms with Gasteiger partial charge in [0.1, 0.15) is 28.6 Å². The summed E-state index contributed by atoms with van der Waals surface area (Å²) in [6, 6.07) is 11.2. The van der Waals surface area contributed by atoms with E-state index in [4.69, 9.17) is 13.6 Å². The van der Waals surface area contributed by atoms with E-state index in [-0.39, 0.29) is 5.43 Å². The Kier molecular flexibility index (Phi) is 4.34. The second kappa shape index (κ2) is 6.96. The molecular weight excluding hydrogens is 342 g/mol. The Morgan fingerprint density at radius 2 is 1.96 bits per heavy atom. The van der Waals surface area contributed by atoms with Crippen molar-refractivity contribution < 1.29 is 13.6 Å². The van der Waals surface area contributed by atoms with Crippen molar-refractivity contribution in [1.82, 2.24) is 0 Å². The Hall–Kier alpha value is -3.60. The lowest BCUT2D eigenvalue weighted by Gasteiger charge is -2.10. The van der Waals surface area contributed by atoms with Gasteiger partial charge >= 0.3 is 0 Å². The van der Waals surface area contributed by atoms with Crippen LogP contribution in [0.1, 0.15) is 11.1 Å². The molecule has 4 aromatic rings. The molecule has 0 unspecified atom stereocenters. The fraction of sp³-hybridized carbons (Fsp3) is 0.0909. The maximum absolute atomic E-state index is 13.2. The van der Waals surface area contributed by atoms with Gasteiger partial charge in [-0.3, -0.25) is 9.79 Å². The van der Waals surface area contributed by atoms with Crippen molar-refractivity contribution in [1.29, 1.82) is 0 Å². The summed E-state index contributed by atoms with van der Waals surface area (Å²) in [5, 5.41) is 1.10. The molecule has 0 bridgehead atoms. The molecule has 0 amide bonds. The monoisotopic (exact) mass is 359 g/mol. The van der Waals surface area contributed by atoms with E-state index in [2.05, 4.69) is 11.6 Å². The number of aliphatic imine (C=N–C) groups is 1. The Labute approximate surface area is 155 Å². The fourth-order valence-corrected chi connectivity index (χ4v) is 3.16. The third-order valence-corrected chi connectivity index (χ3v) is 4.37. The smallest absolute Gasteiger partial charge is 0.205 e. The van der Waals surface area contributed by atoms with Gasteiger partial charge in [0, 0.05) is 11.8 Å². The van der Waals surface area contributed by atoms with Crippen molar-refractivity contribution in [2.24, 2.45) is 4.99 Å². The molecule has 5 nitrogen and oxygen atoms in total. The lowest BCUT2D eigenvalue weighted by atomic mass is 10.0. The maximum Gasteiger partial charge on any atom is 0.205 e. The summed E-state index contributed by atoms with van der Waals surface area (Å²) in [5.74, 6) is 0.435. The van der Waals surface area contributed by atoms with Gasteiger partial charge in [0.05, 0.1) is 30.0 Å². The summed E-state index contributed by atoms with van der Waals surface area (Å²) in [6.07, 6.45) is 6.74. The van der Waals surface area contributed by atoms with Gasteiger partial charge in [0.25, 0.3) is 0 Å². The van der Waals surface area contributed by atoms with Crippen LogP contribution in [0.2, 0.25) is 0 Å². The first-order valence-electron chi connectivity index (χ1n) is 8.46. The minimum atomic E-state index is -0.207. The average molecular weight is 359 g/mol. The summed E-state index contributed by atoms with van der Waals surface area (Å²) < 4.78 is 17.0. The highest BCUT2D eigenvalue weighted by Gasteiger charge is 2.21. The minimum Gasteiger partial charge on any atom is -0.495 e. The lowest BCUT2D eigenvalue weighted by molar-refractivity contribution is 0.423. The van der Waals surface area contributed by atoms with Gasteiger partial charge in [0.15, 0.2) is 0 Å². The molecule has 0 saturated heterocycles. The molecule has 2 heterocycles. The number of benzene rings is 2. The van der Waals surface area contributed by atoms with Crippen LogP contribution >= 0.6 is 0 Å². The van der Waals surface area contributed by atoms with Gasteiger partial charge in [-0.05, 0) is 24.6 Å². The number of hydrogen-bond acceptors (Lipinski definition) is 5. The van der Waals surface area contributed by atoms with Crippen molar-refractivity contribution >= 4 is 33.8 Å². The van der Waals surface area contributed by atoms with E-state index in [1.807, 2.05) is 30.3 Å². The third-order valence-electron chi connectivity index (χ3n) is 4.37.